The molecule has 0 unspecified atom stereocenters. The predicted octanol–water partition coefficient (Wildman–Crippen LogP) is 4.48. The molecule has 1 fully saturated rings. The van der Waals surface area contributed by atoms with Crippen molar-refractivity contribution in [2.24, 2.45) is 0 Å². The molecular formula is C28H30N4O4S2. The number of thiazole rings is 1. The summed E-state index contributed by atoms with van der Waals surface area (Å²) in [6, 6.07) is 21.7. The van der Waals surface area contributed by atoms with E-state index in [0.29, 0.717) is 44.8 Å². The summed E-state index contributed by atoms with van der Waals surface area (Å²) in [6.45, 7) is 4.94. The molecular weight excluding hydrogens is 520 g/mol. The molecule has 0 saturated carbocycles. The van der Waals surface area contributed by atoms with Crippen LogP contribution in [0.15, 0.2) is 77.7 Å². The molecule has 2 heterocycles. The molecule has 10 heteroatoms. The number of amides is 1. The van der Waals surface area contributed by atoms with Crippen molar-refractivity contribution in [1.29, 1.82) is 0 Å². The van der Waals surface area contributed by atoms with Crippen molar-refractivity contribution >= 4 is 42.6 Å². The molecule has 1 aromatic heterocycles. The number of benzene rings is 3. The van der Waals surface area contributed by atoms with Gasteiger partial charge in [0.05, 0.1) is 16.7 Å². The zero-order valence-electron chi connectivity index (χ0n) is 21.4. The van der Waals surface area contributed by atoms with Crippen molar-refractivity contribution in [1.82, 2.24) is 14.2 Å². The Morgan fingerprint density at radius 2 is 1.68 bits per heavy atom. The van der Waals surface area contributed by atoms with Gasteiger partial charge in [0.15, 0.2) is 5.13 Å². The van der Waals surface area contributed by atoms with Crippen LogP contribution in [-0.4, -0.2) is 68.3 Å². The van der Waals surface area contributed by atoms with Crippen LogP contribution in [0.5, 0.6) is 5.75 Å². The Kier molecular flexibility index (Phi) is 7.64. The minimum Gasteiger partial charge on any atom is -0.494 e. The van der Waals surface area contributed by atoms with E-state index >= 15 is 0 Å². The van der Waals surface area contributed by atoms with Gasteiger partial charge in [-0.1, -0.05) is 54.7 Å². The van der Waals surface area contributed by atoms with Crippen LogP contribution in [0.4, 0.5) is 5.13 Å². The number of nitrogens with zero attached hydrogens (tertiary/aromatic N) is 4. The van der Waals surface area contributed by atoms with E-state index in [1.807, 2.05) is 60.4 Å². The fraction of sp³-hybridized carbons (Fsp3) is 0.286. The Labute approximate surface area is 227 Å². The highest BCUT2D eigenvalue weighted by molar-refractivity contribution is 7.89. The second kappa shape index (κ2) is 11.1. The minimum absolute atomic E-state index is 0.101. The molecule has 1 aliphatic rings. The van der Waals surface area contributed by atoms with Gasteiger partial charge in [-0.05, 0) is 42.0 Å². The molecule has 8 nitrogen and oxygen atoms in total. The summed E-state index contributed by atoms with van der Waals surface area (Å²) < 4.78 is 34.4. The van der Waals surface area contributed by atoms with Crippen LogP contribution in [0.25, 0.3) is 10.2 Å². The molecule has 38 heavy (non-hydrogen) atoms. The summed E-state index contributed by atoms with van der Waals surface area (Å²) in [7, 11) is -2.04. The van der Waals surface area contributed by atoms with E-state index in [9.17, 15) is 13.2 Å². The van der Waals surface area contributed by atoms with E-state index in [-0.39, 0.29) is 10.8 Å². The fourth-order valence-corrected chi connectivity index (χ4v) is 7.04. The molecule has 1 amide bonds. The van der Waals surface area contributed by atoms with E-state index < -0.39 is 10.0 Å². The van der Waals surface area contributed by atoms with Crippen LogP contribution in [0.1, 0.15) is 22.8 Å². The number of piperazine rings is 1. The second-order valence-electron chi connectivity index (χ2n) is 9.02. The first-order valence-corrected chi connectivity index (χ1v) is 14.8. The highest BCUT2D eigenvalue weighted by Crippen LogP contribution is 2.34. The number of hydrogen-bond acceptors (Lipinski definition) is 7. The summed E-state index contributed by atoms with van der Waals surface area (Å²) in [5.74, 6) is 0.655. The van der Waals surface area contributed by atoms with E-state index in [2.05, 4.69) is 4.90 Å². The van der Waals surface area contributed by atoms with Gasteiger partial charge in [-0.25, -0.2) is 13.4 Å². The summed E-state index contributed by atoms with van der Waals surface area (Å²) in [6.07, 6.45) is 0. The number of aromatic nitrogens is 1. The van der Waals surface area contributed by atoms with Gasteiger partial charge in [0.25, 0.3) is 5.91 Å². The number of fused-ring (bicyclic) bond motifs is 1. The number of para-hydroxylation sites is 1. The van der Waals surface area contributed by atoms with Gasteiger partial charge in [0.1, 0.15) is 11.3 Å². The summed E-state index contributed by atoms with van der Waals surface area (Å²) in [5.41, 5.74) is 2.26. The normalized spacial score (nSPS) is 14.3. The third kappa shape index (κ3) is 5.24. The lowest BCUT2D eigenvalue weighted by molar-refractivity contribution is 0.0746. The number of anilines is 1. The molecule has 5 rings (SSSR count). The average Bonchev–Trinajstić information content (AvgIpc) is 3.41. The van der Waals surface area contributed by atoms with E-state index in [1.165, 1.54) is 16.4 Å². The fourth-order valence-electron chi connectivity index (χ4n) is 4.57. The molecule has 1 saturated heterocycles. The lowest BCUT2D eigenvalue weighted by Gasteiger charge is -2.34. The van der Waals surface area contributed by atoms with Gasteiger partial charge in [-0.2, -0.15) is 4.31 Å². The summed E-state index contributed by atoms with van der Waals surface area (Å²) in [5, 5.41) is 0.919. The van der Waals surface area contributed by atoms with Gasteiger partial charge in [-0.15, -0.1) is 0 Å². The highest BCUT2D eigenvalue weighted by atomic mass is 32.2. The topological polar surface area (TPSA) is 83.1 Å². The maximum Gasteiger partial charge on any atom is 0.253 e. The number of carbonyl (C=O) groups is 1. The number of rotatable bonds is 8. The number of ether oxygens (including phenoxy) is 1. The zero-order chi connectivity index (χ0) is 26.7. The van der Waals surface area contributed by atoms with Crippen molar-refractivity contribution in [3.8, 4) is 5.75 Å². The van der Waals surface area contributed by atoms with Gasteiger partial charge in [0.2, 0.25) is 10.0 Å². The molecule has 198 valence electrons. The smallest absolute Gasteiger partial charge is 0.253 e. The Bertz CT molecular complexity index is 1510. The van der Waals surface area contributed by atoms with Crippen LogP contribution in [0.3, 0.4) is 0 Å². The largest absolute Gasteiger partial charge is 0.494 e. The van der Waals surface area contributed by atoms with Gasteiger partial charge >= 0.3 is 0 Å². The molecule has 1 aliphatic heterocycles. The van der Waals surface area contributed by atoms with Gasteiger partial charge < -0.3 is 14.5 Å². The lowest BCUT2D eigenvalue weighted by atomic mass is 10.2. The average molecular weight is 551 g/mol. The third-order valence-electron chi connectivity index (χ3n) is 6.72. The standard InChI is InChI=1S/C28H30N4O4S2/c1-3-32(20-21-8-5-4-6-9-21)38(34,35)23-14-12-22(13-15-23)27(33)30-16-18-31(19-17-30)28-29-26-24(36-2)10-7-11-25(26)37-28/h4-15H,3,16-20H2,1-2H3. The van der Waals surface area contributed by atoms with Crippen LogP contribution >= 0.6 is 11.3 Å². The van der Waals surface area contributed by atoms with Crippen molar-refractivity contribution in [2.75, 3.05) is 44.7 Å². The van der Waals surface area contributed by atoms with E-state index in [4.69, 9.17) is 9.72 Å². The molecule has 0 N–H and O–H groups in total. The second-order valence-corrected chi connectivity index (χ2v) is 12.0. The number of hydrogen-bond donors (Lipinski definition) is 0. The Hall–Kier alpha value is -3.47. The number of methoxy groups -OCH3 is 1. The first-order valence-electron chi connectivity index (χ1n) is 12.5. The van der Waals surface area contributed by atoms with Crippen molar-refractivity contribution in [2.45, 2.75) is 18.4 Å². The lowest BCUT2D eigenvalue weighted by Crippen LogP contribution is -2.48. The minimum atomic E-state index is -3.68. The molecule has 0 bridgehead atoms. The molecule has 0 radical (unpaired) electrons. The first-order chi connectivity index (χ1) is 18.4. The third-order valence-corrected chi connectivity index (χ3v) is 9.74. The first kappa shape index (κ1) is 26.1. The van der Waals surface area contributed by atoms with Crippen molar-refractivity contribution in [3.63, 3.8) is 0 Å². The maximum absolute atomic E-state index is 13.2. The zero-order valence-corrected chi connectivity index (χ0v) is 23.0. The van der Waals surface area contributed by atoms with Crippen molar-refractivity contribution in [3.05, 3.63) is 83.9 Å². The van der Waals surface area contributed by atoms with E-state index in [1.54, 1.807) is 30.6 Å². The summed E-state index contributed by atoms with van der Waals surface area (Å²) >= 11 is 1.62. The molecule has 4 aromatic rings. The Morgan fingerprint density at radius 1 is 0.974 bits per heavy atom. The SMILES string of the molecule is CCN(Cc1ccccc1)S(=O)(=O)c1ccc(C(=O)N2CCN(c3nc4c(OC)cccc4s3)CC2)cc1. The Balaban J connectivity index is 1.23. The van der Waals surface area contributed by atoms with Gasteiger partial charge in [0, 0.05) is 44.8 Å². The molecule has 0 spiro atoms. The van der Waals surface area contributed by atoms with Crippen molar-refractivity contribution < 1.29 is 17.9 Å². The van der Waals surface area contributed by atoms with Gasteiger partial charge in [-0.3, -0.25) is 4.79 Å². The highest BCUT2D eigenvalue weighted by Gasteiger charge is 2.26. The van der Waals surface area contributed by atoms with Crippen LogP contribution < -0.4 is 9.64 Å². The number of carbonyl (C=O) groups excluding carboxylic acids is 1. The predicted molar refractivity (Wildman–Crippen MR) is 150 cm³/mol. The van der Waals surface area contributed by atoms with Crippen LogP contribution in [-0.2, 0) is 16.6 Å². The van der Waals surface area contributed by atoms with E-state index in [0.717, 1.165) is 26.7 Å². The molecule has 0 aliphatic carbocycles. The monoisotopic (exact) mass is 550 g/mol. The Morgan fingerprint density at radius 3 is 2.34 bits per heavy atom. The number of sulfonamides is 1. The van der Waals surface area contributed by atoms with Crippen LogP contribution in [0, 0.1) is 0 Å². The molecule has 0 atom stereocenters. The molecule has 3 aromatic carbocycles. The maximum atomic E-state index is 13.2. The quantitative estimate of drug-likeness (QED) is 0.322. The van der Waals surface area contributed by atoms with Crippen LogP contribution in [0.2, 0.25) is 0 Å². The summed E-state index contributed by atoms with van der Waals surface area (Å²) in [4.78, 5) is 22.1.